The number of methoxy groups -OCH3 is 1. The molecule has 28 heavy (non-hydrogen) atoms. The van der Waals surface area contributed by atoms with Gasteiger partial charge in [-0.1, -0.05) is 6.42 Å². The maximum Gasteiger partial charge on any atom is 0.379 e. The smallest absolute Gasteiger partial charge is 0.379 e. The van der Waals surface area contributed by atoms with Crippen molar-refractivity contribution in [1.82, 2.24) is 4.31 Å². The lowest BCUT2D eigenvalue weighted by Crippen LogP contribution is -2.35. The third kappa shape index (κ3) is 3.99. The number of furan rings is 1. The average molecular weight is 410 g/mol. The van der Waals surface area contributed by atoms with E-state index in [0.717, 1.165) is 31.4 Å². The van der Waals surface area contributed by atoms with Crippen LogP contribution in [0.5, 0.6) is 11.5 Å². The van der Waals surface area contributed by atoms with Crippen molar-refractivity contribution in [2.45, 2.75) is 24.4 Å². The number of piperidine rings is 1. The van der Waals surface area contributed by atoms with E-state index in [1.54, 1.807) is 0 Å². The third-order valence-corrected chi connectivity index (χ3v) is 6.03. The summed E-state index contributed by atoms with van der Waals surface area (Å²) in [5.41, 5.74) is -0.472. The Kier molecular flexibility index (Phi) is 5.66. The summed E-state index contributed by atoms with van der Waals surface area (Å²) in [6.45, 7) is 0.779. The van der Waals surface area contributed by atoms with Crippen LogP contribution in [-0.4, -0.2) is 43.8 Å². The number of nitro benzene ring substituents is 1. The predicted molar refractivity (Wildman–Crippen MR) is 95.9 cm³/mol. The Balaban J connectivity index is 1.81. The lowest BCUT2D eigenvalue weighted by atomic mass is 10.2. The topological polar surface area (TPSA) is 129 Å². The normalized spacial score (nSPS) is 15.2. The molecule has 1 fully saturated rings. The first kappa shape index (κ1) is 19.8. The molecule has 1 aromatic heterocycles. The van der Waals surface area contributed by atoms with Crippen LogP contribution in [0.15, 0.2) is 39.8 Å². The second-order valence-electron chi connectivity index (χ2n) is 6.06. The van der Waals surface area contributed by atoms with Crippen LogP contribution >= 0.6 is 0 Å². The molecule has 11 heteroatoms. The number of nitrogens with zero attached hydrogens (tertiary/aromatic N) is 2. The molecule has 0 atom stereocenters. The van der Waals surface area contributed by atoms with Crippen LogP contribution in [0.1, 0.15) is 29.8 Å². The number of ether oxygens (including phenoxy) is 2. The summed E-state index contributed by atoms with van der Waals surface area (Å²) >= 11 is 0. The Morgan fingerprint density at radius 2 is 1.89 bits per heavy atom. The molecule has 3 rings (SSSR count). The molecule has 0 amide bonds. The van der Waals surface area contributed by atoms with E-state index in [1.807, 2.05) is 0 Å². The van der Waals surface area contributed by atoms with E-state index in [1.165, 1.54) is 29.6 Å². The first-order chi connectivity index (χ1) is 13.3. The van der Waals surface area contributed by atoms with E-state index in [-0.39, 0.29) is 22.4 Å². The predicted octanol–water partition coefficient (Wildman–Crippen LogP) is 2.59. The second kappa shape index (κ2) is 7.98. The summed E-state index contributed by atoms with van der Waals surface area (Å²) in [4.78, 5) is 22.7. The molecule has 0 unspecified atom stereocenters. The maximum absolute atomic E-state index is 12.6. The molecule has 0 radical (unpaired) electrons. The molecular formula is C17H18N2O8S. The maximum atomic E-state index is 12.6. The van der Waals surface area contributed by atoms with Gasteiger partial charge in [0.15, 0.2) is 0 Å². The van der Waals surface area contributed by atoms with Crippen molar-refractivity contribution in [3.05, 3.63) is 46.2 Å². The number of carbonyl (C=O) groups is 1. The molecule has 0 aliphatic carbocycles. The molecular weight excluding hydrogens is 392 g/mol. The summed E-state index contributed by atoms with van der Waals surface area (Å²) in [7, 11) is -2.50. The summed E-state index contributed by atoms with van der Waals surface area (Å²) in [5, 5.41) is 10.8. The average Bonchev–Trinajstić information content (AvgIpc) is 3.20. The first-order valence-corrected chi connectivity index (χ1v) is 9.91. The number of sulfonamides is 1. The monoisotopic (exact) mass is 410 g/mol. The third-order valence-electron chi connectivity index (χ3n) is 4.26. The van der Waals surface area contributed by atoms with E-state index < -0.39 is 26.6 Å². The SMILES string of the molecule is COc1ccc(OC(=O)c2ccc(S(=O)(=O)N3CCCCC3)o2)c([N+](=O)[O-])c1. The van der Waals surface area contributed by atoms with Crippen molar-refractivity contribution in [2.75, 3.05) is 20.2 Å². The number of carbonyl (C=O) groups excluding carboxylic acids is 1. The number of benzene rings is 1. The number of hydrogen-bond donors (Lipinski definition) is 0. The molecule has 1 saturated heterocycles. The van der Waals surface area contributed by atoms with Gasteiger partial charge in [0.2, 0.25) is 16.6 Å². The number of esters is 1. The summed E-state index contributed by atoms with van der Waals surface area (Å²) in [6.07, 6.45) is 2.48. The zero-order chi connectivity index (χ0) is 20.3. The molecule has 1 aliphatic heterocycles. The second-order valence-corrected chi connectivity index (χ2v) is 7.93. The van der Waals surface area contributed by atoms with Crippen molar-refractivity contribution >= 4 is 21.7 Å². The van der Waals surface area contributed by atoms with Gasteiger partial charge < -0.3 is 13.9 Å². The van der Waals surface area contributed by atoms with E-state index in [2.05, 4.69) is 0 Å². The van der Waals surface area contributed by atoms with Gasteiger partial charge in [-0.05, 0) is 37.1 Å². The Labute approximate surface area is 160 Å². The van der Waals surface area contributed by atoms with Crippen LogP contribution in [0.3, 0.4) is 0 Å². The molecule has 1 aromatic carbocycles. The van der Waals surface area contributed by atoms with Crippen molar-refractivity contribution < 1.29 is 32.0 Å². The van der Waals surface area contributed by atoms with Crippen LogP contribution in [-0.2, 0) is 10.0 Å². The van der Waals surface area contributed by atoms with Gasteiger partial charge in [0.1, 0.15) is 5.75 Å². The van der Waals surface area contributed by atoms with Crippen LogP contribution in [0.2, 0.25) is 0 Å². The first-order valence-electron chi connectivity index (χ1n) is 8.47. The zero-order valence-electron chi connectivity index (χ0n) is 15.0. The van der Waals surface area contributed by atoms with Gasteiger partial charge in [0.05, 0.1) is 18.1 Å². The fourth-order valence-corrected chi connectivity index (χ4v) is 4.23. The molecule has 0 spiro atoms. The fourth-order valence-electron chi connectivity index (χ4n) is 2.80. The molecule has 150 valence electrons. The Bertz CT molecular complexity index is 992. The minimum absolute atomic E-state index is 0.222. The Morgan fingerprint density at radius 1 is 1.18 bits per heavy atom. The van der Waals surface area contributed by atoms with Gasteiger partial charge in [0.25, 0.3) is 10.0 Å². The Morgan fingerprint density at radius 3 is 2.54 bits per heavy atom. The lowest BCUT2D eigenvalue weighted by Gasteiger charge is -2.24. The molecule has 2 aromatic rings. The van der Waals surface area contributed by atoms with E-state index in [4.69, 9.17) is 13.9 Å². The van der Waals surface area contributed by atoms with Gasteiger partial charge in [-0.2, -0.15) is 4.31 Å². The number of nitro groups is 1. The van der Waals surface area contributed by atoms with Gasteiger partial charge in [-0.15, -0.1) is 0 Å². The summed E-state index contributed by atoms with van der Waals surface area (Å²) in [6, 6.07) is 6.04. The molecule has 0 bridgehead atoms. The van der Waals surface area contributed by atoms with Gasteiger partial charge in [-0.25, -0.2) is 13.2 Å². The number of rotatable bonds is 6. The molecule has 0 saturated carbocycles. The van der Waals surface area contributed by atoms with Crippen LogP contribution < -0.4 is 9.47 Å². The quantitative estimate of drug-likeness (QED) is 0.307. The number of hydrogen-bond acceptors (Lipinski definition) is 8. The largest absolute Gasteiger partial charge is 0.496 e. The highest BCUT2D eigenvalue weighted by molar-refractivity contribution is 7.89. The van der Waals surface area contributed by atoms with Crippen molar-refractivity contribution in [2.24, 2.45) is 0 Å². The van der Waals surface area contributed by atoms with Crippen LogP contribution in [0.25, 0.3) is 0 Å². The van der Waals surface area contributed by atoms with Crippen molar-refractivity contribution in [3.63, 3.8) is 0 Å². The highest BCUT2D eigenvalue weighted by Crippen LogP contribution is 2.32. The minimum Gasteiger partial charge on any atom is -0.496 e. The van der Waals surface area contributed by atoms with E-state index >= 15 is 0 Å². The van der Waals surface area contributed by atoms with Crippen LogP contribution in [0.4, 0.5) is 5.69 Å². The lowest BCUT2D eigenvalue weighted by molar-refractivity contribution is -0.385. The molecule has 1 aliphatic rings. The highest BCUT2D eigenvalue weighted by atomic mass is 32.2. The fraction of sp³-hybridized carbons (Fsp3) is 0.353. The van der Waals surface area contributed by atoms with Gasteiger partial charge >= 0.3 is 11.7 Å². The van der Waals surface area contributed by atoms with Crippen molar-refractivity contribution in [1.29, 1.82) is 0 Å². The summed E-state index contributed by atoms with van der Waals surface area (Å²) in [5.74, 6) is -1.51. The standard InChI is InChI=1S/C17H18N2O8S/c1-25-12-5-6-14(13(11-12)19(21)22)27-17(20)15-7-8-16(26-15)28(23,24)18-9-3-2-4-10-18/h5-8,11H,2-4,9-10H2,1H3. The molecule has 0 N–H and O–H groups in total. The molecule has 10 nitrogen and oxygen atoms in total. The van der Waals surface area contributed by atoms with Crippen LogP contribution in [0, 0.1) is 10.1 Å². The van der Waals surface area contributed by atoms with E-state index in [9.17, 15) is 23.3 Å². The highest BCUT2D eigenvalue weighted by Gasteiger charge is 2.30. The molecule has 2 heterocycles. The van der Waals surface area contributed by atoms with Gasteiger partial charge in [0, 0.05) is 13.1 Å². The van der Waals surface area contributed by atoms with Gasteiger partial charge in [-0.3, -0.25) is 10.1 Å². The Hall–Kier alpha value is -2.92. The van der Waals surface area contributed by atoms with Crippen molar-refractivity contribution in [3.8, 4) is 11.5 Å². The zero-order valence-corrected chi connectivity index (χ0v) is 15.8. The van der Waals surface area contributed by atoms with E-state index in [0.29, 0.717) is 13.1 Å². The minimum atomic E-state index is -3.84. The summed E-state index contributed by atoms with van der Waals surface area (Å²) < 4.78 is 41.6.